The molecule has 13 nitrogen and oxygen atoms in total. The lowest BCUT2D eigenvalue weighted by molar-refractivity contribution is -0.140. The number of anilines is 1. The molecule has 33 heavy (non-hydrogen) atoms. The van der Waals surface area contributed by atoms with Gasteiger partial charge < -0.3 is 26.6 Å². The van der Waals surface area contributed by atoms with Crippen molar-refractivity contribution in [2.45, 2.75) is 31.0 Å². The maximum absolute atomic E-state index is 12.3. The summed E-state index contributed by atoms with van der Waals surface area (Å²) >= 11 is 0. The molecule has 0 saturated carbocycles. The summed E-state index contributed by atoms with van der Waals surface area (Å²) in [7, 11) is 1.80. The van der Waals surface area contributed by atoms with Crippen molar-refractivity contribution in [1.82, 2.24) is 15.5 Å². The number of rotatable bonds is 9. The van der Waals surface area contributed by atoms with Gasteiger partial charge in [-0.15, -0.1) is 0 Å². The number of guanidine groups is 1. The number of carboxylic acid groups (broad SMARTS) is 2. The van der Waals surface area contributed by atoms with E-state index >= 15 is 0 Å². The van der Waals surface area contributed by atoms with Crippen LogP contribution < -0.4 is 21.7 Å². The van der Waals surface area contributed by atoms with Gasteiger partial charge in [0, 0.05) is 30.3 Å². The molecule has 0 aromatic heterocycles. The number of amidine groups is 1. The molecule has 0 bridgehead atoms. The molecular formula is C20H25N7O6. The van der Waals surface area contributed by atoms with Crippen LogP contribution in [0.1, 0.15) is 23.2 Å². The van der Waals surface area contributed by atoms with Gasteiger partial charge in [0.05, 0.1) is 6.54 Å². The Morgan fingerprint density at radius 3 is 2.61 bits per heavy atom. The zero-order valence-electron chi connectivity index (χ0n) is 17.8. The smallest absolute Gasteiger partial charge is 0.326 e. The average Bonchev–Trinajstić information content (AvgIpc) is 2.75. The third-order valence-electron chi connectivity index (χ3n) is 5.37. The van der Waals surface area contributed by atoms with Gasteiger partial charge in [-0.05, 0) is 37.7 Å². The van der Waals surface area contributed by atoms with E-state index in [-0.39, 0.29) is 36.3 Å². The number of nitrogens with one attached hydrogen (secondary N) is 3. The van der Waals surface area contributed by atoms with Gasteiger partial charge in [0.1, 0.15) is 6.04 Å². The Labute approximate surface area is 188 Å². The summed E-state index contributed by atoms with van der Waals surface area (Å²) < 4.78 is 0. The summed E-state index contributed by atoms with van der Waals surface area (Å²) in [5, 5.41) is 25.9. The van der Waals surface area contributed by atoms with Crippen LogP contribution in [-0.2, 0) is 14.4 Å². The molecule has 0 radical (unpaired) electrons. The Morgan fingerprint density at radius 2 is 1.97 bits per heavy atom. The first-order valence-corrected chi connectivity index (χ1v) is 10.2. The van der Waals surface area contributed by atoms with Crippen LogP contribution in [0.25, 0.3) is 0 Å². The van der Waals surface area contributed by atoms with Crippen molar-refractivity contribution in [3.05, 3.63) is 29.8 Å². The fourth-order valence-corrected chi connectivity index (χ4v) is 3.50. The van der Waals surface area contributed by atoms with Gasteiger partial charge in [0.2, 0.25) is 5.96 Å². The number of carbonyl (C=O) groups is 4. The highest BCUT2D eigenvalue weighted by molar-refractivity contribution is 6.19. The number of hydrogen-bond donors (Lipinski definition) is 6. The van der Waals surface area contributed by atoms with E-state index in [9.17, 15) is 24.3 Å². The minimum Gasteiger partial charge on any atom is -0.481 e. The molecule has 2 amide bonds. The van der Waals surface area contributed by atoms with E-state index in [1.807, 2.05) is 4.90 Å². The predicted octanol–water partition coefficient (Wildman–Crippen LogP) is -1.33. The summed E-state index contributed by atoms with van der Waals surface area (Å²) in [4.78, 5) is 56.8. The average molecular weight is 459 g/mol. The molecule has 2 aliphatic heterocycles. The van der Waals surface area contributed by atoms with E-state index in [4.69, 9.17) is 10.8 Å². The summed E-state index contributed by atoms with van der Waals surface area (Å²) in [5.74, 6) is -2.93. The minimum atomic E-state index is -1.30. The molecule has 2 unspecified atom stereocenters. The van der Waals surface area contributed by atoms with Crippen molar-refractivity contribution >= 4 is 41.2 Å². The van der Waals surface area contributed by atoms with Crippen LogP contribution in [-0.4, -0.2) is 88.9 Å². The van der Waals surface area contributed by atoms with E-state index < -0.39 is 29.9 Å². The van der Waals surface area contributed by atoms with Gasteiger partial charge in [0.25, 0.3) is 11.8 Å². The predicted molar refractivity (Wildman–Crippen MR) is 118 cm³/mol. The standard InChI is InChI=1S/C20H25N7O6/c1-27-12(9-23-16-15(27)18(31)26-20(21)25-16)8-22-11-4-2-10(3-5-11)17(30)24-13(19(32)33)6-7-14(28)29/h2-5,12-13,15,22H,6-9H2,1H3,(H,24,30)(H,28,29)(H,32,33)(H3,21,23,25,26,31)/t12?,13-,15?/m0/s1. The van der Waals surface area contributed by atoms with Crippen LogP contribution in [0, 0.1) is 0 Å². The van der Waals surface area contributed by atoms with Gasteiger partial charge in [-0.3, -0.25) is 29.6 Å². The normalized spacial score (nSPS) is 21.1. The third kappa shape index (κ3) is 5.83. The molecule has 2 heterocycles. The molecule has 13 heteroatoms. The van der Waals surface area contributed by atoms with E-state index in [1.165, 1.54) is 12.1 Å². The highest BCUT2D eigenvalue weighted by Crippen LogP contribution is 2.17. The Bertz CT molecular complexity index is 1010. The van der Waals surface area contributed by atoms with Gasteiger partial charge in [-0.1, -0.05) is 0 Å². The van der Waals surface area contributed by atoms with Crippen LogP contribution in [0.5, 0.6) is 0 Å². The largest absolute Gasteiger partial charge is 0.481 e. The number of benzene rings is 1. The molecule has 0 spiro atoms. The van der Waals surface area contributed by atoms with Crippen LogP contribution in [0.3, 0.4) is 0 Å². The zero-order valence-corrected chi connectivity index (χ0v) is 17.8. The summed E-state index contributed by atoms with van der Waals surface area (Å²) in [6, 6.07) is 4.38. The molecule has 3 rings (SSSR count). The maximum atomic E-state index is 12.3. The number of carboxylic acids is 2. The summed E-state index contributed by atoms with van der Waals surface area (Å²) in [5.41, 5.74) is 6.52. The van der Waals surface area contributed by atoms with Crippen molar-refractivity contribution in [2.75, 3.05) is 25.5 Å². The number of hydrogen-bond acceptors (Lipinski definition) is 9. The molecule has 1 aromatic rings. The van der Waals surface area contributed by atoms with Crippen LogP contribution in [0.4, 0.5) is 5.69 Å². The quantitative estimate of drug-likeness (QED) is 0.259. The van der Waals surface area contributed by atoms with E-state index in [1.54, 1.807) is 19.2 Å². The van der Waals surface area contributed by atoms with Crippen molar-refractivity contribution in [2.24, 2.45) is 15.7 Å². The van der Waals surface area contributed by atoms with Crippen LogP contribution >= 0.6 is 0 Å². The lowest BCUT2D eigenvalue weighted by atomic mass is 10.1. The van der Waals surface area contributed by atoms with Crippen LogP contribution in [0.2, 0.25) is 0 Å². The number of amides is 2. The molecule has 1 aromatic carbocycles. The highest BCUT2D eigenvalue weighted by atomic mass is 16.4. The fraction of sp³-hybridized carbons (Fsp3) is 0.400. The second-order valence-electron chi connectivity index (χ2n) is 7.66. The minimum absolute atomic E-state index is 0.0284. The maximum Gasteiger partial charge on any atom is 0.326 e. The summed E-state index contributed by atoms with van der Waals surface area (Å²) in [6.07, 6.45) is -0.588. The second-order valence-corrected chi connectivity index (χ2v) is 7.66. The topological polar surface area (TPSA) is 199 Å². The first kappa shape index (κ1) is 23.7. The van der Waals surface area contributed by atoms with Gasteiger partial charge in [-0.2, -0.15) is 4.99 Å². The molecule has 7 N–H and O–H groups in total. The van der Waals surface area contributed by atoms with Gasteiger partial charge >= 0.3 is 11.9 Å². The number of carbonyl (C=O) groups excluding carboxylic acids is 2. The number of fused-ring (bicyclic) bond motifs is 1. The van der Waals surface area contributed by atoms with Gasteiger partial charge in [0.15, 0.2) is 11.9 Å². The number of likely N-dealkylation sites (N-methyl/N-ethyl adjacent to an activating group) is 1. The summed E-state index contributed by atoms with van der Waals surface area (Å²) in [6.45, 7) is 0.894. The number of nitrogens with zero attached hydrogens (tertiary/aromatic N) is 3. The molecular weight excluding hydrogens is 434 g/mol. The monoisotopic (exact) mass is 459 g/mol. The van der Waals surface area contributed by atoms with E-state index in [2.05, 4.69) is 25.9 Å². The zero-order chi connectivity index (χ0) is 24.1. The number of aliphatic carboxylic acids is 2. The third-order valence-corrected chi connectivity index (χ3v) is 5.37. The Hall–Kier alpha value is -4.00. The molecule has 0 aliphatic carbocycles. The fourth-order valence-electron chi connectivity index (χ4n) is 3.50. The van der Waals surface area contributed by atoms with E-state index in [0.717, 1.165) is 0 Å². The second kappa shape index (κ2) is 10.1. The lowest BCUT2D eigenvalue weighted by Crippen LogP contribution is -2.62. The molecule has 0 saturated heterocycles. The Kier molecular flexibility index (Phi) is 7.23. The van der Waals surface area contributed by atoms with E-state index in [0.29, 0.717) is 24.6 Å². The first-order chi connectivity index (χ1) is 15.7. The molecule has 176 valence electrons. The Balaban J connectivity index is 1.56. The Morgan fingerprint density at radius 1 is 1.27 bits per heavy atom. The van der Waals surface area contributed by atoms with Crippen molar-refractivity contribution < 1.29 is 29.4 Å². The van der Waals surface area contributed by atoms with Crippen molar-refractivity contribution in [3.63, 3.8) is 0 Å². The number of aliphatic imine (C=N–C) groups is 2. The SMILES string of the molecule is CN1C(CNc2ccc(C(=O)N[C@@H](CCC(=O)O)C(=O)O)cc2)CN=C2N=C(N)NC(=O)C21. The molecule has 3 atom stereocenters. The van der Waals surface area contributed by atoms with Crippen LogP contribution in [0.15, 0.2) is 34.3 Å². The molecule has 2 aliphatic rings. The van der Waals surface area contributed by atoms with Gasteiger partial charge in [-0.25, -0.2) is 4.79 Å². The van der Waals surface area contributed by atoms with Crippen molar-refractivity contribution in [3.8, 4) is 0 Å². The first-order valence-electron chi connectivity index (χ1n) is 10.2. The number of nitrogens with two attached hydrogens (primary N) is 1. The molecule has 0 fully saturated rings. The lowest BCUT2D eigenvalue weighted by Gasteiger charge is -2.38. The highest BCUT2D eigenvalue weighted by Gasteiger charge is 2.38. The van der Waals surface area contributed by atoms with Crippen molar-refractivity contribution in [1.29, 1.82) is 0 Å².